The van der Waals surface area contributed by atoms with Crippen LogP contribution in [0.2, 0.25) is 0 Å². The minimum atomic E-state index is -4.36. The molecule has 0 aliphatic carbocycles. The van der Waals surface area contributed by atoms with Crippen LogP contribution in [0.25, 0.3) is 0 Å². The molecule has 1 fully saturated rings. The number of nitrogens with two attached hydrogens (primary N) is 1. The van der Waals surface area contributed by atoms with Crippen molar-refractivity contribution < 1.29 is 13.2 Å². The van der Waals surface area contributed by atoms with Crippen LogP contribution in [0, 0.1) is 5.92 Å². The van der Waals surface area contributed by atoms with Crippen LogP contribution in [0.5, 0.6) is 0 Å². The van der Waals surface area contributed by atoms with Crippen molar-refractivity contribution in [3.8, 4) is 0 Å². The molecule has 0 aromatic heterocycles. The topological polar surface area (TPSA) is 32.5 Å². The Balaban J connectivity index is 2.54. The Morgan fingerprint density at radius 1 is 1.42 bits per heavy atom. The highest BCUT2D eigenvalue weighted by molar-refractivity contribution is 7.80. The minimum absolute atomic E-state index is 0.143. The lowest BCUT2D eigenvalue weighted by Gasteiger charge is -2.37. The summed E-state index contributed by atoms with van der Waals surface area (Å²) in [5.41, 5.74) is 5.22. The Labute approximate surface area is 117 Å². The minimum Gasteiger partial charge on any atom is -0.393 e. The number of hydrogen-bond donors (Lipinski definition) is 1. The van der Waals surface area contributed by atoms with Gasteiger partial charge in [0.05, 0.1) is 4.99 Å². The number of halogens is 3. The van der Waals surface area contributed by atoms with Crippen molar-refractivity contribution >= 4 is 17.2 Å². The third kappa shape index (κ3) is 4.89. The first-order valence-electron chi connectivity index (χ1n) is 6.54. The highest BCUT2D eigenvalue weighted by Gasteiger charge is 2.42. The molecule has 1 saturated heterocycles. The number of thiocarbonyl (C=S) groups is 1. The first kappa shape index (κ1) is 16.7. The van der Waals surface area contributed by atoms with E-state index in [1.54, 1.807) is 11.9 Å². The van der Waals surface area contributed by atoms with Gasteiger partial charge in [0, 0.05) is 12.6 Å². The molecular weight excluding hydrogens is 275 g/mol. The van der Waals surface area contributed by atoms with Gasteiger partial charge in [-0.25, -0.2) is 0 Å². The van der Waals surface area contributed by atoms with E-state index < -0.39 is 17.1 Å². The largest absolute Gasteiger partial charge is 0.399 e. The van der Waals surface area contributed by atoms with E-state index in [-0.39, 0.29) is 12.6 Å². The average molecular weight is 297 g/mol. The molecule has 0 saturated carbocycles. The van der Waals surface area contributed by atoms with E-state index in [0.29, 0.717) is 0 Å². The van der Waals surface area contributed by atoms with Crippen LogP contribution in [-0.2, 0) is 0 Å². The summed E-state index contributed by atoms with van der Waals surface area (Å²) in [6, 6.07) is 0.182. The molecule has 1 aliphatic heterocycles. The van der Waals surface area contributed by atoms with Gasteiger partial charge < -0.3 is 15.5 Å². The average Bonchev–Trinajstić information content (AvgIpc) is 2.34. The van der Waals surface area contributed by atoms with Crippen molar-refractivity contribution in [3.63, 3.8) is 0 Å². The molecule has 1 rings (SSSR count). The summed E-state index contributed by atoms with van der Waals surface area (Å²) in [7, 11) is 1.73. The zero-order valence-corrected chi connectivity index (χ0v) is 12.2. The maximum atomic E-state index is 12.8. The molecule has 0 radical (unpaired) electrons. The van der Waals surface area contributed by atoms with Crippen LogP contribution >= 0.6 is 12.2 Å². The summed E-state index contributed by atoms with van der Waals surface area (Å²) in [6.45, 7) is 4.82. The summed E-state index contributed by atoms with van der Waals surface area (Å²) >= 11 is 4.55. The lowest BCUT2D eigenvalue weighted by molar-refractivity contribution is -0.160. The normalized spacial score (nSPS) is 20.7. The van der Waals surface area contributed by atoms with E-state index in [9.17, 15) is 13.2 Å². The predicted octanol–water partition coefficient (Wildman–Crippen LogP) is 1.87. The van der Waals surface area contributed by atoms with Gasteiger partial charge in [-0.3, -0.25) is 0 Å². The fourth-order valence-electron chi connectivity index (χ4n) is 2.47. The smallest absolute Gasteiger partial charge is 0.393 e. The van der Waals surface area contributed by atoms with E-state index in [2.05, 4.69) is 24.0 Å². The summed E-state index contributed by atoms with van der Waals surface area (Å²) in [6.07, 6.45) is -2.57. The third-order valence-corrected chi connectivity index (χ3v) is 4.12. The molecule has 0 aromatic carbocycles. The molecule has 0 amide bonds. The van der Waals surface area contributed by atoms with Crippen molar-refractivity contribution in [2.75, 3.05) is 33.2 Å². The molecule has 0 bridgehead atoms. The molecule has 1 heterocycles. The van der Waals surface area contributed by atoms with Crippen LogP contribution < -0.4 is 5.73 Å². The van der Waals surface area contributed by atoms with Crippen molar-refractivity contribution in [2.45, 2.75) is 32.0 Å². The van der Waals surface area contributed by atoms with Gasteiger partial charge in [0.1, 0.15) is 5.92 Å². The first-order valence-corrected chi connectivity index (χ1v) is 6.95. The Bertz CT molecular complexity index is 301. The molecule has 19 heavy (non-hydrogen) atoms. The number of alkyl halides is 3. The maximum Gasteiger partial charge on any atom is 0.399 e. The predicted molar refractivity (Wildman–Crippen MR) is 74.1 cm³/mol. The summed E-state index contributed by atoms with van der Waals surface area (Å²) in [4.78, 5) is 3.59. The SMILES string of the molecule is CCN1CCC(N(C)CC(C(N)=S)C(F)(F)F)CC1. The van der Waals surface area contributed by atoms with Crippen molar-refractivity contribution in [2.24, 2.45) is 11.7 Å². The molecule has 112 valence electrons. The highest BCUT2D eigenvalue weighted by atomic mass is 32.1. The van der Waals surface area contributed by atoms with Crippen LogP contribution in [0.1, 0.15) is 19.8 Å². The van der Waals surface area contributed by atoms with Gasteiger partial charge in [-0.1, -0.05) is 19.1 Å². The van der Waals surface area contributed by atoms with Gasteiger partial charge in [-0.2, -0.15) is 13.2 Å². The van der Waals surface area contributed by atoms with Gasteiger partial charge in [-0.05, 0) is 39.5 Å². The Morgan fingerprint density at radius 2 is 1.95 bits per heavy atom. The summed E-state index contributed by atoms with van der Waals surface area (Å²) < 4.78 is 38.4. The Hall–Kier alpha value is -0.400. The molecule has 2 N–H and O–H groups in total. The highest BCUT2D eigenvalue weighted by Crippen LogP contribution is 2.28. The van der Waals surface area contributed by atoms with Gasteiger partial charge in [0.2, 0.25) is 0 Å². The van der Waals surface area contributed by atoms with E-state index in [1.807, 2.05) is 0 Å². The number of likely N-dealkylation sites (tertiary alicyclic amines) is 1. The summed E-state index contributed by atoms with van der Waals surface area (Å²) in [5, 5.41) is 0. The molecule has 3 nitrogen and oxygen atoms in total. The number of hydrogen-bond acceptors (Lipinski definition) is 3. The molecule has 0 spiro atoms. The molecule has 7 heteroatoms. The lowest BCUT2D eigenvalue weighted by Crippen LogP contribution is -2.48. The maximum absolute atomic E-state index is 12.8. The molecule has 0 aromatic rings. The molecule has 1 atom stereocenters. The van der Waals surface area contributed by atoms with Gasteiger partial charge >= 0.3 is 6.18 Å². The van der Waals surface area contributed by atoms with Crippen LogP contribution in [-0.4, -0.2) is 60.2 Å². The zero-order chi connectivity index (χ0) is 14.6. The van der Waals surface area contributed by atoms with Crippen molar-refractivity contribution in [3.05, 3.63) is 0 Å². The van der Waals surface area contributed by atoms with Crippen molar-refractivity contribution in [1.29, 1.82) is 0 Å². The van der Waals surface area contributed by atoms with E-state index in [4.69, 9.17) is 5.73 Å². The molecule has 1 unspecified atom stereocenters. The van der Waals surface area contributed by atoms with E-state index >= 15 is 0 Å². The van der Waals surface area contributed by atoms with Gasteiger partial charge in [-0.15, -0.1) is 0 Å². The van der Waals surface area contributed by atoms with E-state index in [1.165, 1.54) is 0 Å². The van der Waals surface area contributed by atoms with Crippen LogP contribution in [0.15, 0.2) is 0 Å². The van der Waals surface area contributed by atoms with Crippen LogP contribution in [0.3, 0.4) is 0 Å². The second-order valence-electron chi connectivity index (χ2n) is 5.10. The first-order chi connectivity index (χ1) is 8.75. The molecular formula is C12H22F3N3S. The Morgan fingerprint density at radius 3 is 2.32 bits per heavy atom. The summed E-state index contributed by atoms with van der Waals surface area (Å²) in [5.74, 6) is -1.71. The Kier molecular flexibility index (Phi) is 6.01. The fourth-order valence-corrected chi connectivity index (χ4v) is 2.68. The second kappa shape index (κ2) is 6.85. The quantitative estimate of drug-likeness (QED) is 0.785. The number of nitrogens with zero attached hydrogens (tertiary/aromatic N) is 2. The van der Waals surface area contributed by atoms with Crippen molar-refractivity contribution in [1.82, 2.24) is 9.80 Å². The fraction of sp³-hybridized carbons (Fsp3) is 0.917. The number of piperidine rings is 1. The third-order valence-electron chi connectivity index (χ3n) is 3.84. The number of rotatable bonds is 5. The van der Waals surface area contributed by atoms with Gasteiger partial charge in [0.25, 0.3) is 0 Å². The van der Waals surface area contributed by atoms with E-state index in [0.717, 1.165) is 32.5 Å². The standard InChI is InChI=1S/C12H22F3N3S/c1-3-18-6-4-9(5-7-18)17(2)8-10(11(16)19)12(13,14)15/h9-10H,3-8H2,1-2H3,(H2,16,19). The van der Waals surface area contributed by atoms with Gasteiger partial charge in [0.15, 0.2) is 0 Å². The van der Waals surface area contributed by atoms with Crippen LogP contribution in [0.4, 0.5) is 13.2 Å². The monoisotopic (exact) mass is 297 g/mol. The molecule has 1 aliphatic rings. The lowest BCUT2D eigenvalue weighted by atomic mass is 10.0. The zero-order valence-electron chi connectivity index (χ0n) is 11.4. The second-order valence-corrected chi connectivity index (χ2v) is 5.57.